The van der Waals surface area contributed by atoms with Gasteiger partial charge in [-0.3, -0.25) is 0 Å². The van der Waals surface area contributed by atoms with E-state index in [-0.39, 0.29) is 6.04 Å². The molecule has 0 aliphatic heterocycles. The Morgan fingerprint density at radius 1 is 1.07 bits per heavy atom. The van der Waals surface area contributed by atoms with E-state index in [9.17, 15) is 0 Å². The van der Waals surface area contributed by atoms with Crippen LogP contribution in [-0.2, 0) is 0 Å². The lowest BCUT2D eigenvalue weighted by Gasteiger charge is -2.16. The van der Waals surface area contributed by atoms with Crippen LogP contribution in [0.4, 0.5) is 0 Å². The molecule has 2 N–H and O–H groups in total. The molecule has 1 aromatic carbocycles. The summed E-state index contributed by atoms with van der Waals surface area (Å²) >= 11 is 1.72. The van der Waals surface area contributed by atoms with Crippen molar-refractivity contribution in [1.29, 1.82) is 0 Å². The summed E-state index contributed by atoms with van der Waals surface area (Å²) in [5.74, 6) is 0. The van der Waals surface area contributed by atoms with Crippen LogP contribution in [0.1, 0.15) is 27.6 Å². The van der Waals surface area contributed by atoms with Crippen molar-refractivity contribution in [1.82, 2.24) is 0 Å². The number of benzene rings is 1. The van der Waals surface area contributed by atoms with Gasteiger partial charge in [0.05, 0.1) is 6.04 Å². The number of thiophene rings is 1. The van der Waals surface area contributed by atoms with Crippen molar-refractivity contribution in [3.8, 4) is 0 Å². The fraction of sp³-hybridized carbons (Fsp3) is 0.231. The maximum atomic E-state index is 6.27. The quantitative estimate of drug-likeness (QED) is 0.819. The molecule has 0 saturated heterocycles. The lowest BCUT2D eigenvalue weighted by molar-refractivity contribution is 0.871. The van der Waals surface area contributed by atoms with Crippen molar-refractivity contribution in [3.05, 3.63) is 57.3 Å². The van der Waals surface area contributed by atoms with E-state index in [1.165, 1.54) is 21.6 Å². The minimum Gasteiger partial charge on any atom is -0.320 e. The molecule has 1 nitrogen and oxygen atoms in total. The average molecular weight is 217 g/mol. The van der Waals surface area contributed by atoms with E-state index in [1.807, 2.05) is 6.07 Å². The smallest absolute Gasteiger partial charge is 0.0651 e. The molecule has 1 aromatic heterocycles. The molecule has 0 radical (unpaired) electrons. The van der Waals surface area contributed by atoms with Crippen LogP contribution < -0.4 is 5.73 Å². The van der Waals surface area contributed by atoms with Crippen molar-refractivity contribution in [2.24, 2.45) is 5.73 Å². The molecule has 0 amide bonds. The van der Waals surface area contributed by atoms with Gasteiger partial charge >= 0.3 is 0 Å². The first kappa shape index (κ1) is 10.4. The minimum atomic E-state index is 0.0196. The monoisotopic (exact) mass is 217 g/mol. The Hall–Kier alpha value is -1.12. The van der Waals surface area contributed by atoms with Crippen molar-refractivity contribution >= 4 is 11.3 Å². The van der Waals surface area contributed by atoms with Crippen LogP contribution in [0.5, 0.6) is 0 Å². The highest BCUT2D eigenvalue weighted by molar-refractivity contribution is 7.10. The van der Waals surface area contributed by atoms with E-state index in [0.717, 1.165) is 0 Å². The molecule has 1 atom stereocenters. The van der Waals surface area contributed by atoms with Gasteiger partial charge in [-0.15, -0.1) is 11.3 Å². The molecule has 2 rings (SSSR count). The molecular weight excluding hydrogens is 202 g/mol. The zero-order valence-electron chi connectivity index (χ0n) is 9.03. The number of rotatable bonds is 2. The molecule has 0 fully saturated rings. The second-order valence-electron chi connectivity index (χ2n) is 3.80. The first-order valence-electron chi connectivity index (χ1n) is 5.05. The van der Waals surface area contributed by atoms with Crippen LogP contribution in [0.25, 0.3) is 0 Å². The second-order valence-corrected chi connectivity index (χ2v) is 4.78. The first-order valence-corrected chi connectivity index (χ1v) is 5.93. The number of nitrogens with two attached hydrogens (primary N) is 1. The highest BCUT2D eigenvalue weighted by atomic mass is 32.1. The Morgan fingerprint density at radius 3 is 2.27 bits per heavy atom. The third-order valence-corrected chi connectivity index (χ3v) is 3.66. The molecule has 1 heterocycles. The van der Waals surface area contributed by atoms with Crippen molar-refractivity contribution in [2.75, 3.05) is 0 Å². The van der Waals surface area contributed by atoms with Crippen LogP contribution >= 0.6 is 11.3 Å². The Morgan fingerprint density at radius 2 is 1.73 bits per heavy atom. The molecule has 0 spiro atoms. The van der Waals surface area contributed by atoms with E-state index in [1.54, 1.807) is 11.3 Å². The Labute approximate surface area is 94.6 Å². The number of hydrogen-bond acceptors (Lipinski definition) is 2. The van der Waals surface area contributed by atoms with Gasteiger partial charge in [0.1, 0.15) is 0 Å². The van der Waals surface area contributed by atoms with Crippen LogP contribution in [-0.4, -0.2) is 0 Å². The summed E-state index contributed by atoms with van der Waals surface area (Å²) in [7, 11) is 0. The first-order chi connectivity index (χ1) is 7.20. The van der Waals surface area contributed by atoms with Crippen LogP contribution in [0, 0.1) is 13.8 Å². The molecule has 2 aromatic rings. The van der Waals surface area contributed by atoms with Gasteiger partial charge in [-0.05, 0) is 42.0 Å². The largest absolute Gasteiger partial charge is 0.320 e. The summed E-state index contributed by atoms with van der Waals surface area (Å²) in [6.07, 6.45) is 0. The van der Waals surface area contributed by atoms with E-state index in [2.05, 4.69) is 43.5 Å². The normalized spacial score (nSPS) is 12.7. The minimum absolute atomic E-state index is 0.0196. The summed E-state index contributed by atoms with van der Waals surface area (Å²) in [6.45, 7) is 4.24. The van der Waals surface area contributed by atoms with E-state index < -0.39 is 0 Å². The third kappa shape index (κ3) is 1.96. The van der Waals surface area contributed by atoms with Gasteiger partial charge in [0.2, 0.25) is 0 Å². The standard InChI is InChI=1S/C13H15NS/c1-9-5-3-6-10(2)12(9)13(14)11-7-4-8-15-11/h3-8,13H,14H2,1-2H3/t13-/m0/s1. The van der Waals surface area contributed by atoms with Crippen molar-refractivity contribution in [3.63, 3.8) is 0 Å². The highest BCUT2D eigenvalue weighted by Gasteiger charge is 2.13. The summed E-state index contributed by atoms with van der Waals surface area (Å²) in [5, 5.41) is 2.07. The molecule has 2 heteroatoms. The van der Waals surface area contributed by atoms with Gasteiger partial charge in [-0.25, -0.2) is 0 Å². The predicted molar refractivity (Wildman–Crippen MR) is 66.3 cm³/mol. The van der Waals surface area contributed by atoms with Crippen LogP contribution in [0.2, 0.25) is 0 Å². The lowest BCUT2D eigenvalue weighted by atomic mass is 9.96. The van der Waals surface area contributed by atoms with Crippen LogP contribution in [0.3, 0.4) is 0 Å². The fourth-order valence-electron chi connectivity index (χ4n) is 1.93. The van der Waals surface area contributed by atoms with Crippen LogP contribution in [0.15, 0.2) is 35.7 Å². The molecule has 0 unspecified atom stereocenters. The van der Waals surface area contributed by atoms with Gasteiger partial charge in [0, 0.05) is 4.88 Å². The van der Waals surface area contributed by atoms with Gasteiger partial charge < -0.3 is 5.73 Å². The third-order valence-electron chi connectivity index (χ3n) is 2.70. The zero-order valence-corrected chi connectivity index (χ0v) is 9.84. The van der Waals surface area contributed by atoms with Crippen molar-refractivity contribution < 1.29 is 0 Å². The van der Waals surface area contributed by atoms with Gasteiger partial charge in [-0.1, -0.05) is 24.3 Å². The summed E-state index contributed by atoms with van der Waals surface area (Å²) < 4.78 is 0. The summed E-state index contributed by atoms with van der Waals surface area (Å²) in [5.41, 5.74) is 10.1. The molecule has 0 saturated carbocycles. The van der Waals surface area contributed by atoms with Gasteiger partial charge in [0.15, 0.2) is 0 Å². The maximum Gasteiger partial charge on any atom is 0.0651 e. The number of hydrogen-bond donors (Lipinski definition) is 1. The van der Waals surface area contributed by atoms with E-state index in [0.29, 0.717) is 0 Å². The number of aryl methyl sites for hydroxylation is 2. The topological polar surface area (TPSA) is 26.0 Å². The van der Waals surface area contributed by atoms with E-state index in [4.69, 9.17) is 5.73 Å². The molecular formula is C13H15NS. The average Bonchev–Trinajstić information content (AvgIpc) is 2.69. The van der Waals surface area contributed by atoms with Gasteiger partial charge in [-0.2, -0.15) is 0 Å². The zero-order chi connectivity index (χ0) is 10.8. The molecule has 0 aliphatic carbocycles. The molecule has 78 valence electrons. The van der Waals surface area contributed by atoms with Gasteiger partial charge in [0.25, 0.3) is 0 Å². The van der Waals surface area contributed by atoms with Crippen molar-refractivity contribution in [2.45, 2.75) is 19.9 Å². The Balaban J connectivity index is 2.46. The highest BCUT2D eigenvalue weighted by Crippen LogP contribution is 2.28. The summed E-state index contributed by atoms with van der Waals surface area (Å²) in [4.78, 5) is 1.23. The van der Waals surface area contributed by atoms with E-state index >= 15 is 0 Å². The lowest BCUT2D eigenvalue weighted by Crippen LogP contribution is -2.13. The molecule has 0 aliphatic rings. The SMILES string of the molecule is Cc1cccc(C)c1[C@@H](N)c1cccs1. The maximum absolute atomic E-state index is 6.27. The predicted octanol–water partition coefficient (Wildman–Crippen LogP) is 3.41. The summed E-state index contributed by atoms with van der Waals surface area (Å²) in [6, 6.07) is 10.5. The molecule has 15 heavy (non-hydrogen) atoms. The Kier molecular flexibility index (Phi) is 2.89. The fourth-order valence-corrected chi connectivity index (χ4v) is 2.66. The molecule has 0 bridgehead atoms. The Bertz CT molecular complexity index is 425. The second kappa shape index (κ2) is 4.17.